The fourth-order valence-corrected chi connectivity index (χ4v) is 4.88. The molecule has 16 heteroatoms. The fraction of sp³-hybridized carbons (Fsp3) is 0.471. The highest BCUT2D eigenvalue weighted by atomic mass is 31.2. The van der Waals surface area contributed by atoms with Gasteiger partial charge in [0.25, 0.3) is 5.56 Å². The maximum atomic E-state index is 13.0. The zero-order valence-corrected chi connectivity index (χ0v) is 17.7. The van der Waals surface area contributed by atoms with Crippen LogP contribution in [0.3, 0.4) is 0 Å². The molecule has 2 unspecified atom stereocenters. The molecule has 4 heterocycles. The van der Waals surface area contributed by atoms with Crippen molar-refractivity contribution in [2.24, 2.45) is 5.11 Å². The third-order valence-corrected chi connectivity index (χ3v) is 6.57. The number of aliphatic hydroxyl groups is 2. The first-order chi connectivity index (χ1) is 15.8. The standard InChI is InChI=1S/C17H19N6O9P/c18-22-21-17(14(26)13(25)15(31-17)23-6-3-12(24)20-16(23)27)9-30-33(28)29-7-4-11(32-33)10-2-1-5-19-8-10/h1-3,5-6,8,11,13-15,25-26H,4,7,9H2,(H,20,24,27)/t11-,13+,14-,15?,17+,33?/m0/s1. The van der Waals surface area contributed by atoms with Gasteiger partial charge in [0.05, 0.1) is 19.3 Å². The second-order valence-electron chi connectivity index (χ2n) is 7.22. The maximum Gasteiger partial charge on any atom is 0.475 e. The number of pyridine rings is 1. The van der Waals surface area contributed by atoms with Crippen molar-refractivity contribution >= 4 is 7.82 Å². The second kappa shape index (κ2) is 9.17. The molecular weight excluding hydrogens is 463 g/mol. The van der Waals surface area contributed by atoms with Gasteiger partial charge in [-0.05, 0) is 17.2 Å². The molecule has 2 saturated heterocycles. The van der Waals surface area contributed by atoms with Gasteiger partial charge in [-0.3, -0.25) is 32.9 Å². The fourth-order valence-electron chi connectivity index (χ4n) is 3.47. The summed E-state index contributed by atoms with van der Waals surface area (Å²) in [5, 5.41) is 24.4. The lowest BCUT2D eigenvalue weighted by Gasteiger charge is -2.32. The summed E-state index contributed by atoms with van der Waals surface area (Å²) in [5.74, 6) is 0. The van der Waals surface area contributed by atoms with Gasteiger partial charge in [0.15, 0.2) is 6.23 Å². The van der Waals surface area contributed by atoms with E-state index < -0.39 is 55.9 Å². The van der Waals surface area contributed by atoms with Crippen LogP contribution in [0.4, 0.5) is 0 Å². The van der Waals surface area contributed by atoms with Crippen molar-refractivity contribution in [1.82, 2.24) is 14.5 Å². The summed E-state index contributed by atoms with van der Waals surface area (Å²) < 4.78 is 35.3. The molecule has 6 atom stereocenters. The van der Waals surface area contributed by atoms with Gasteiger partial charge >= 0.3 is 13.5 Å². The van der Waals surface area contributed by atoms with E-state index in [9.17, 15) is 24.4 Å². The molecule has 0 amide bonds. The minimum Gasteiger partial charge on any atom is -0.387 e. The number of aromatic amines is 1. The number of nitrogens with one attached hydrogen (secondary N) is 1. The molecule has 3 N–H and O–H groups in total. The van der Waals surface area contributed by atoms with E-state index >= 15 is 0 Å². The Morgan fingerprint density at radius 3 is 2.94 bits per heavy atom. The summed E-state index contributed by atoms with van der Waals surface area (Å²) in [6.45, 7) is -0.826. The topological polar surface area (TPSA) is 211 Å². The molecule has 2 aliphatic heterocycles. The molecule has 2 aromatic rings. The Balaban J connectivity index is 1.55. The summed E-state index contributed by atoms with van der Waals surface area (Å²) in [5.41, 5.74) is 5.72. The average molecular weight is 482 g/mol. The van der Waals surface area contributed by atoms with Crippen molar-refractivity contribution < 1.29 is 33.1 Å². The first-order valence-corrected chi connectivity index (χ1v) is 11.1. The number of hydrogen-bond acceptors (Lipinski definition) is 11. The number of ether oxygens (including phenoxy) is 1. The molecule has 0 aliphatic carbocycles. The summed E-state index contributed by atoms with van der Waals surface area (Å²) >= 11 is 0. The molecule has 0 aromatic carbocycles. The summed E-state index contributed by atoms with van der Waals surface area (Å²) in [6.07, 6.45) is -1.39. The largest absolute Gasteiger partial charge is 0.475 e. The molecule has 2 fully saturated rings. The summed E-state index contributed by atoms with van der Waals surface area (Å²) in [6, 6.07) is 4.40. The first kappa shape index (κ1) is 23.3. The number of rotatable bonds is 6. The molecule has 0 saturated carbocycles. The molecule has 2 aliphatic rings. The van der Waals surface area contributed by atoms with Gasteiger partial charge in [-0.15, -0.1) is 0 Å². The van der Waals surface area contributed by atoms with Crippen molar-refractivity contribution in [1.29, 1.82) is 0 Å². The van der Waals surface area contributed by atoms with E-state index in [0.29, 0.717) is 12.0 Å². The molecule has 176 valence electrons. The lowest BCUT2D eigenvalue weighted by Crippen LogP contribution is -2.45. The maximum absolute atomic E-state index is 13.0. The minimum atomic E-state index is -4.21. The molecule has 4 rings (SSSR count). The highest BCUT2D eigenvalue weighted by molar-refractivity contribution is 7.48. The van der Waals surface area contributed by atoms with Crippen molar-refractivity contribution in [2.75, 3.05) is 13.2 Å². The Kier molecular flexibility index (Phi) is 6.47. The van der Waals surface area contributed by atoms with Crippen molar-refractivity contribution in [3.63, 3.8) is 0 Å². The van der Waals surface area contributed by atoms with E-state index in [4.69, 9.17) is 23.8 Å². The third kappa shape index (κ3) is 4.62. The van der Waals surface area contributed by atoms with E-state index in [1.807, 2.05) is 4.98 Å². The minimum absolute atomic E-state index is 0.0206. The van der Waals surface area contributed by atoms with Gasteiger partial charge in [-0.25, -0.2) is 9.36 Å². The van der Waals surface area contributed by atoms with Crippen LogP contribution < -0.4 is 11.2 Å². The van der Waals surface area contributed by atoms with Gasteiger partial charge in [-0.2, -0.15) is 0 Å². The predicted molar refractivity (Wildman–Crippen MR) is 108 cm³/mol. The van der Waals surface area contributed by atoms with Crippen LogP contribution in [0.5, 0.6) is 0 Å². The summed E-state index contributed by atoms with van der Waals surface area (Å²) in [7, 11) is -4.21. The van der Waals surface area contributed by atoms with Gasteiger partial charge in [-0.1, -0.05) is 11.2 Å². The van der Waals surface area contributed by atoms with Gasteiger partial charge < -0.3 is 14.9 Å². The number of nitrogens with zero attached hydrogens (tertiary/aromatic N) is 5. The van der Waals surface area contributed by atoms with E-state index in [1.54, 1.807) is 18.3 Å². The molecule has 33 heavy (non-hydrogen) atoms. The lowest BCUT2D eigenvalue weighted by atomic mass is 10.1. The Morgan fingerprint density at radius 1 is 1.42 bits per heavy atom. The van der Waals surface area contributed by atoms with E-state index in [-0.39, 0.29) is 6.61 Å². The number of aromatic nitrogens is 3. The second-order valence-corrected chi connectivity index (χ2v) is 8.84. The smallest absolute Gasteiger partial charge is 0.387 e. The van der Waals surface area contributed by atoms with E-state index in [1.165, 1.54) is 6.20 Å². The number of hydrogen-bond donors (Lipinski definition) is 3. The zero-order chi connectivity index (χ0) is 23.6. The monoisotopic (exact) mass is 482 g/mol. The highest BCUT2D eigenvalue weighted by Gasteiger charge is 2.56. The SMILES string of the molecule is [N-]=[N+]=N[C@]1(COP2(=O)OCC[C@@H](c3cccnc3)O2)OC(n2ccc(=O)[nH]c2=O)[C@H](O)[C@@H]1O. The molecule has 0 spiro atoms. The Hall–Kier alpha value is -2.87. The van der Waals surface area contributed by atoms with Crippen LogP contribution in [0.2, 0.25) is 0 Å². The van der Waals surface area contributed by atoms with Crippen LogP contribution >= 0.6 is 7.82 Å². The number of phosphoric ester groups is 1. The van der Waals surface area contributed by atoms with Crippen molar-refractivity contribution in [2.45, 2.75) is 36.7 Å². The lowest BCUT2D eigenvalue weighted by molar-refractivity contribution is -0.127. The van der Waals surface area contributed by atoms with Crippen LogP contribution in [0.25, 0.3) is 10.4 Å². The van der Waals surface area contributed by atoms with E-state index in [2.05, 4.69) is 15.0 Å². The average Bonchev–Trinajstić information content (AvgIpc) is 3.04. The summed E-state index contributed by atoms with van der Waals surface area (Å²) in [4.78, 5) is 32.0. The van der Waals surface area contributed by atoms with Gasteiger partial charge in [0, 0.05) is 36.0 Å². The van der Waals surface area contributed by atoms with Crippen LogP contribution in [-0.2, 0) is 22.9 Å². The van der Waals surface area contributed by atoms with Gasteiger partial charge in [0.2, 0.25) is 5.72 Å². The zero-order valence-electron chi connectivity index (χ0n) is 16.8. The normalized spacial score (nSPS) is 34.0. The van der Waals surface area contributed by atoms with Crippen molar-refractivity contribution in [3.8, 4) is 0 Å². The van der Waals surface area contributed by atoms with E-state index in [0.717, 1.165) is 16.8 Å². The quantitative estimate of drug-likeness (QED) is 0.224. The number of H-pyrrole nitrogens is 1. The first-order valence-electron chi connectivity index (χ1n) is 9.66. The number of azide groups is 1. The van der Waals surface area contributed by atoms with Crippen LogP contribution in [0.15, 0.2) is 51.5 Å². The molecular formula is C17H19N6O9P. The Bertz CT molecular complexity index is 1220. The van der Waals surface area contributed by atoms with Crippen LogP contribution in [-0.4, -0.2) is 55.9 Å². The molecule has 2 aromatic heterocycles. The molecule has 15 nitrogen and oxygen atoms in total. The highest BCUT2D eigenvalue weighted by Crippen LogP contribution is 2.58. The molecule has 0 bridgehead atoms. The predicted octanol–water partition coefficient (Wildman–Crippen LogP) is 0.492. The number of phosphoric acid groups is 1. The van der Waals surface area contributed by atoms with Gasteiger partial charge in [0.1, 0.15) is 12.2 Å². The number of aliphatic hydroxyl groups excluding tert-OH is 2. The Morgan fingerprint density at radius 2 is 2.24 bits per heavy atom. The molecule has 0 radical (unpaired) electrons. The van der Waals surface area contributed by atoms with Crippen LogP contribution in [0.1, 0.15) is 24.3 Å². The Labute approximate surface area is 184 Å². The van der Waals surface area contributed by atoms with Crippen molar-refractivity contribution in [3.05, 3.63) is 73.6 Å². The van der Waals surface area contributed by atoms with Crippen LogP contribution in [0, 0.1) is 0 Å². The third-order valence-electron chi connectivity index (χ3n) is 5.11.